The Morgan fingerprint density at radius 2 is 2.22 bits per heavy atom. The minimum Gasteiger partial charge on any atom is -0.391 e. The molecule has 1 aliphatic rings. The third-order valence-corrected chi connectivity index (χ3v) is 3.32. The molecule has 1 saturated heterocycles. The summed E-state index contributed by atoms with van der Waals surface area (Å²) in [4.78, 5) is 17.7. The normalized spacial score (nSPS) is 19.4. The first-order valence-electron chi connectivity index (χ1n) is 6.06. The predicted molar refractivity (Wildman–Crippen MR) is 70.0 cm³/mol. The number of anilines is 1. The van der Waals surface area contributed by atoms with Crippen LogP contribution in [-0.4, -0.2) is 35.6 Å². The standard InChI is InChI=1S/C14H14N2O2/c17-9-11-7-10-3-1-2-4-13(10)15-14(11)16-6-5-12(18)8-16/h1-4,7,9,12,18H,5-6,8H2. The highest BCUT2D eigenvalue weighted by molar-refractivity contribution is 5.91. The fraction of sp³-hybridized carbons (Fsp3) is 0.286. The van der Waals surface area contributed by atoms with Crippen molar-refractivity contribution in [2.75, 3.05) is 18.0 Å². The molecule has 0 bridgehead atoms. The molecule has 1 unspecified atom stereocenters. The van der Waals surface area contributed by atoms with Gasteiger partial charge in [0.1, 0.15) is 5.82 Å². The average Bonchev–Trinajstić information content (AvgIpc) is 2.83. The number of aldehydes is 1. The lowest BCUT2D eigenvalue weighted by atomic mass is 10.1. The van der Waals surface area contributed by atoms with E-state index in [1.54, 1.807) is 0 Å². The molecule has 18 heavy (non-hydrogen) atoms. The van der Waals surface area contributed by atoms with E-state index in [1.165, 1.54) is 0 Å². The number of rotatable bonds is 2. The maximum Gasteiger partial charge on any atom is 0.153 e. The molecule has 0 radical (unpaired) electrons. The molecule has 2 aromatic rings. The maximum absolute atomic E-state index is 11.2. The molecule has 1 aromatic heterocycles. The average molecular weight is 242 g/mol. The number of pyridine rings is 1. The van der Waals surface area contributed by atoms with Crippen molar-refractivity contribution < 1.29 is 9.90 Å². The SMILES string of the molecule is O=Cc1cc2ccccc2nc1N1CCC(O)C1. The molecule has 2 heterocycles. The highest BCUT2D eigenvalue weighted by atomic mass is 16.3. The van der Waals surface area contributed by atoms with E-state index in [-0.39, 0.29) is 6.10 Å². The maximum atomic E-state index is 11.2. The van der Waals surface area contributed by atoms with Gasteiger partial charge in [0.25, 0.3) is 0 Å². The highest BCUT2D eigenvalue weighted by Crippen LogP contribution is 2.25. The fourth-order valence-electron chi connectivity index (χ4n) is 2.40. The van der Waals surface area contributed by atoms with Crippen LogP contribution in [0, 0.1) is 0 Å². The second-order valence-corrected chi connectivity index (χ2v) is 4.60. The zero-order chi connectivity index (χ0) is 12.5. The van der Waals surface area contributed by atoms with Crippen LogP contribution < -0.4 is 4.90 Å². The van der Waals surface area contributed by atoms with Crippen LogP contribution >= 0.6 is 0 Å². The number of β-amino-alcohol motifs (C(OH)–C–C–N with tert-alkyl or cyclic N) is 1. The third-order valence-electron chi connectivity index (χ3n) is 3.32. The molecule has 1 N–H and O–H groups in total. The first kappa shape index (κ1) is 11.2. The molecular weight excluding hydrogens is 228 g/mol. The molecule has 0 amide bonds. The zero-order valence-electron chi connectivity index (χ0n) is 9.91. The van der Waals surface area contributed by atoms with Crippen LogP contribution in [0.25, 0.3) is 10.9 Å². The number of fused-ring (bicyclic) bond motifs is 1. The van der Waals surface area contributed by atoms with Crippen LogP contribution in [0.5, 0.6) is 0 Å². The lowest BCUT2D eigenvalue weighted by molar-refractivity contribution is 0.112. The number of hydrogen-bond donors (Lipinski definition) is 1. The van der Waals surface area contributed by atoms with E-state index in [2.05, 4.69) is 4.98 Å². The topological polar surface area (TPSA) is 53.4 Å². The Morgan fingerprint density at radius 3 is 2.94 bits per heavy atom. The number of carbonyl (C=O) groups is 1. The van der Waals surface area contributed by atoms with Crippen LogP contribution in [-0.2, 0) is 0 Å². The van der Waals surface area contributed by atoms with Gasteiger partial charge in [0.05, 0.1) is 17.2 Å². The highest BCUT2D eigenvalue weighted by Gasteiger charge is 2.23. The monoisotopic (exact) mass is 242 g/mol. The van der Waals surface area contributed by atoms with Gasteiger partial charge in [-0.3, -0.25) is 4.79 Å². The minimum atomic E-state index is -0.322. The van der Waals surface area contributed by atoms with Gasteiger partial charge in [0, 0.05) is 18.5 Å². The van der Waals surface area contributed by atoms with E-state index in [0.717, 1.165) is 30.2 Å². The van der Waals surface area contributed by atoms with Crippen LogP contribution in [0.2, 0.25) is 0 Å². The Labute approximate surface area is 105 Å². The Kier molecular flexibility index (Phi) is 2.72. The second-order valence-electron chi connectivity index (χ2n) is 4.60. The number of aliphatic hydroxyl groups excluding tert-OH is 1. The van der Waals surface area contributed by atoms with E-state index in [0.29, 0.717) is 17.9 Å². The summed E-state index contributed by atoms with van der Waals surface area (Å²) >= 11 is 0. The summed E-state index contributed by atoms with van der Waals surface area (Å²) in [6.07, 6.45) is 1.24. The van der Waals surface area contributed by atoms with Crippen molar-refractivity contribution in [3.8, 4) is 0 Å². The second kappa shape index (κ2) is 4.38. The van der Waals surface area contributed by atoms with E-state index < -0.39 is 0 Å². The van der Waals surface area contributed by atoms with Crippen molar-refractivity contribution in [2.45, 2.75) is 12.5 Å². The molecule has 1 atom stereocenters. The fourth-order valence-corrected chi connectivity index (χ4v) is 2.40. The van der Waals surface area contributed by atoms with Gasteiger partial charge >= 0.3 is 0 Å². The first-order valence-corrected chi connectivity index (χ1v) is 6.06. The first-order chi connectivity index (χ1) is 8.78. The van der Waals surface area contributed by atoms with Gasteiger partial charge in [-0.25, -0.2) is 4.98 Å². The Hall–Kier alpha value is -1.94. The van der Waals surface area contributed by atoms with E-state index in [4.69, 9.17) is 0 Å². The van der Waals surface area contributed by atoms with Crippen molar-refractivity contribution in [3.63, 3.8) is 0 Å². The summed E-state index contributed by atoms with van der Waals surface area (Å²) in [5.41, 5.74) is 1.46. The molecule has 92 valence electrons. The van der Waals surface area contributed by atoms with Crippen molar-refractivity contribution >= 4 is 23.0 Å². The van der Waals surface area contributed by atoms with Gasteiger partial charge in [-0.15, -0.1) is 0 Å². The van der Waals surface area contributed by atoms with Crippen molar-refractivity contribution in [3.05, 3.63) is 35.9 Å². The Bertz CT molecular complexity index is 597. The van der Waals surface area contributed by atoms with E-state index >= 15 is 0 Å². The zero-order valence-corrected chi connectivity index (χ0v) is 9.91. The molecular formula is C14H14N2O2. The number of benzene rings is 1. The Balaban J connectivity index is 2.12. The predicted octanol–water partition coefficient (Wildman–Crippen LogP) is 1.62. The molecule has 0 spiro atoms. The number of para-hydroxylation sites is 1. The summed E-state index contributed by atoms with van der Waals surface area (Å²) in [5.74, 6) is 0.681. The van der Waals surface area contributed by atoms with Crippen LogP contribution in [0.15, 0.2) is 30.3 Å². The quantitative estimate of drug-likeness (QED) is 0.813. The van der Waals surface area contributed by atoms with Gasteiger partial charge in [-0.2, -0.15) is 0 Å². The van der Waals surface area contributed by atoms with Gasteiger partial charge < -0.3 is 10.0 Å². The summed E-state index contributed by atoms with van der Waals surface area (Å²) in [6.45, 7) is 1.29. The number of hydrogen-bond acceptors (Lipinski definition) is 4. The Morgan fingerprint density at radius 1 is 1.39 bits per heavy atom. The summed E-state index contributed by atoms with van der Waals surface area (Å²) in [7, 11) is 0. The van der Waals surface area contributed by atoms with Crippen LogP contribution in [0.3, 0.4) is 0 Å². The molecule has 1 fully saturated rings. The smallest absolute Gasteiger partial charge is 0.153 e. The lowest BCUT2D eigenvalue weighted by Gasteiger charge is -2.18. The lowest BCUT2D eigenvalue weighted by Crippen LogP contribution is -2.23. The summed E-state index contributed by atoms with van der Waals surface area (Å²) in [5, 5.41) is 10.5. The molecule has 4 heteroatoms. The molecule has 3 rings (SSSR count). The molecule has 1 aromatic carbocycles. The van der Waals surface area contributed by atoms with Gasteiger partial charge in [-0.05, 0) is 18.6 Å². The van der Waals surface area contributed by atoms with Gasteiger partial charge in [0.2, 0.25) is 0 Å². The van der Waals surface area contributed by atoms with E-state index in [9.17, 15) is 9.90 Å². The summed E-state index contributed by atoms with van der Waals surface area (Å²) < 4.78 is 0. The number of aliphatic hydroxyl groups is 1. The third kappa shape index (κ3) is 1.84. The number of nitrogens with zero attached hydrogens (tertiary/aromatic N) is 2. The van der Waals surface area contributed by atoms with Crippen LogP contribution in [0.4, 0.5) is 5.82 Å². The van der Waals surface area contributed by atoms with E-state index in [1.807, 2.05) is 35.2 Å². The van der Waals surface area contributed by atoms with Crippen LogP contribution in [0.1, 0.15) is 16.8 Å². The van der Waals surface area contributed by atoms with Gasteiger partial charge in [-0.1, -0.05) is 18.2 Å². The van der Waals surface area contributed by atoms with Crippen molar-refractivity contribution in [2.24, 2.45) is 0 Å². The largest absolute Gasteiger partial charge is 0.391 e. The molecule has 0 aliphatic carbocycles. The van der Waals surface area contributed by atoms with Crippen molar-refractivity contribution in [1.29, 1.82) is 0 Å². The molecule has 4 nitrogen and oxygen atoms in total. The van der Waals surface area contributed by atoms with Gasteiger partial charge in [0.15, 0.2) is 6.29 Å². The minimum absolute atomic E-state index is 0.322. The van der Waals surface area contributed by atoms with Crippen molar-refractivity contribution in [1.82, 2.24) is 4.98 Å². The summed E-state index contributed by atoms with van der Waals surface area (Å²) in [6, 6.07) is 9.59. The molecule has 0 saturated carbocycles. The number of carbonyl (C=O) groups excluding carboxylic acids is 1. The number of aromatic nitrogens is 1. The molecule has 1 aliphatic heterocycles.